The number of rotatable bonds is 6. The van der Waals surface area contributed by atoms with Crippen LogP contribution in [0.4, 0.5) is 5.13 Å². The first kappa shape index (κ1) is 18.1. The Bertz CT molecular complexity index is 937. The van der Waals surface area contributed by atoms with Gasteiger partial charge < -0.3 is 4.74 Å². The van der Waals surface area contributed by atoms with E-state index < -0.39 is 0 Å². The van der Waals surface area contributed by atoms with E-state index >= 15 is 0 Å². The molecule has 0 saturated carbocycles. The lowest BCUT2D eigenvalue weighted by molar-refractivity contribution is -0.142. The lowest BCUT2D eigenvalue weighted by Crippen LogP contribution is -2.13. The Hall–Kier alpha value is -2.71. The van der Waals surface area contributed by atoms with Crippen LogP contribution in [0.25, 0.3) is 5.69 Å². The van der Waals surface area contributed by atoms with Gasteiger partial charge in [0.05, 0.1) is 24.4 Å². The average Bonchev–Trinajstić information content (AvgIpc) is 3.25. The van der Waals surface area contributed by atoms with Crippen LogP contribution in [0.1, 0.15) is 23.1 Å². The fraction of sp³-hybridized carbons (Fsp3) is 0.176. The van der Waals surface area contributed by atoms with Gasteiger partial charge in [-0.1, -0.05) is 17.7 Å². The van der Waals surface area contributed by atoms with Crippen LogP contribution in [-0.2, 0) is 16.0 Å². The Balaban J connectivity index is 1.66. The summed E-state index contributed by atoms with van der Waals surface area (Å²) in [6, 6.07) is 8.75. The standard InChI is InChI=1S/C17H15ClN4O3S/c1-2-25-15(23)9-12-10-26-17(19-12)20-16(24)14-6-7-22(21-14)13-5-3-4-11(18)8-13/h3-8,10H,2,9H2,1H3,(H,19,20,24). The molecule has 0 atom stereocenters. The fourth-order valence-electron chi connectivity index (χ4n) is 2.17. The molecule has 9 heteroatoms. The SMILES string of the molecule is CCOC(=O)Cc1csc(NC(=O)c2ccn(-c3cccc(Cl)c3)n2)n1. The molecule has 26 heavy (non-hydrogen) atoms. The van der Waals surface area contributed by atoms with Crippen LogP contribution in [0.2, 0.25) is 5.02 Å². The lowest BCUT2D eigenvalue weighted by atomic mass is 10.3. The molecule has 134 valence electrons. The number of carbonyl (C=O) groups is 2. The van der Waals surface area contributed by atoms with Crippen LogP contribution in [0.15, 0.2) is 41.9 Å². The molecule has 1 amide bonds. The summed E-state index contributed by atoms with van der Waals surface area (Å²) in [5, 5.41) is 9.61. The van der Waals surface area contributed by atoms with Gasteiger partial charge in [0.15, 0.2) is 10.8 Å². The maximum absolute atomic E-state index is 12.3. The molecule has 0 bridgehead atoms. The minimum Gasteiger partial charge on any atom is -0.466 e. The Morgan fingerprint density at radius 3 is 2.96 bits per heavy atom. The molecule has 0 spiro atoms. The minimum absolute atomic E-state index is 0.0730. The molecule has 1 aromatic carbocycles. The van der Waals surface area contributed by atoms with Gasteiger partial charge in [-0.2, -0.15) is 5.10 Å². The van der Waals surface area contributed by atoms with Crippen molar-refractivity contribution in [3.63, 3.8) is 0 Å². The van der Waals surface area contributed by atoms with Gasteiger partial charge in [0.1, 0.15) is 0 Å². The Kier molecular flexibility index (Phi) is 5.65. The first-order valence-corrected chi connectivity index (χ1v) is 9.04. The predicted octanol–water partition coefficient (Wildman–Crippen LogP) is 3.34. The van der Waals surface area contributed by atoms with E-state index in [1.807, 2.05) is 6.07 Å². The first-order valence-electron chi connectivity index (χ1n) is 7.78. The van der Waals surface area contributed by atoms with E-state index in [1.165, 1.54) is 11.3 Å². The van der Waals surface area contributed by atoms with Gasteiger partial charge in [0.25, 0.3) is 5.91 Å². The number of esters is 1. The molecule has 0 saturated heterocycles. The summed E-state index contributed by atoms with van der Waals surface area (Å²) in [5.41, 5.74) is 1.54. The van der Waals surface area contributed by atoms with Crippen molar-refractivity contribution in [2.75, 3.05) is 11.9 Å². The third kappa shape index (κ3) is 4.47. The molecule has 0 aliphatic carbocycles. The maximum atomic E-state index is 12.3. The highest BCUT2D eigenvalue weighted by atomic mass is 35.5. The normalized spacial score (nSPS) is 10.5. The highest BCUT2D eigenvalue weighted by Gasteiger charge is 2.14. The number of hydrogen-bond donors (Lipinski definition) is 1. The lowest BCUT2D eigenvalue weighted by Gasteiger charge is -2.01. The van der Waals surface area contributed by atoms with E-state index in [2.05, 4.69) is 15.4 Å². The number of aromatic nitrogens is 3. The topological polar surface area (TPSA) is 86.1 Å². The quantitative estimate of drug-likeness (QED) is 0.652. The van der Waals surface area contributed by atoms with Crippen molar-refractivity contribution in [3.05, 3.63) is 58.3 Å². The number of ether oxygens (including phenoxy) is 1. The summed E-state index contributed by atoms with van der Waals surface area (Å²) < 4.78 is 6.44. The largest absolute Gasteiger partial charge is 0.466 e. The highest BCUT2D eigenvalue weighted by Crippen LogP contribution is 2.18. The molecule has 1 N–H and O–H groups in total. The number of nitrogens with one attached hydrogen (secondary N) is 1. The first-order chi connectivity index (χ1) is 12.5. The number of benzene rings is 1. The van der Waals surface area contributed by atoms with Crippen LogP contribution in [0.5, 0.6) is 0 Å². The summed E-state index contributed by atoms with van der Waals surface area (Å²) in [7, 11) is 0. The molecule has 0 radical (unpaired) electrons. The van der Waals surface area contributed by atoms with Crippen LogP contribution in [0.3, 0.4) is 0 Å². The van der Waals surface area contributed by atoms with Crippen molar-refractivity contribution in [2.24, 2.45) is 0 Å². The van der Waals surface area contributed by atoms with Crippen molar-refractivity contribution in [2.45, 2.75) is 13.3 Å². The average molecular weight is 391 g/mol. The third-order valence-electron chi connectivity index (χ3n) is 3.30. The van der Waals surface area contributed by atoms with E-state index in [0.29, 0.717) is 22.5 Å². The van der Waals surface area contributed by atoms with Crippen LogP contribution < -0.4 is 5.32 Å². The summed E-state index contributed by atoms with van der Waals surface area (Å²) in [6.45, 7) is 2.06. The van der Waals surface area contributed by atoms with Gasteiger partial charge in [-0.3, -0.25) is 14.9 Å². The molecule has 0 unspecified atom stereocenters. The second-order valence-electron chi connectivity index (χ2n) is 5.21. The van der Waals surface area contributed by atoms with Crippen molar-refractivity contribution < 1.29 is 14.3 Å². The predicted molar refractivity (Wildman–Crippen MR) is 99.0 cm³/mol. The zero-order valence-electron chi connectivity index (χ0n) is 13.8. The number of halogens is 1. The molecule has 3 rings (SSSR count). The van der Waals surface area contributed by atoms with Gasteiger partial charge in [-0.15, -0.1) is 11.3 Å². The summed E-state index contributed by atoms with van der Waals surface area (Å²) in [6.07, 6.45) is 1.75. The van der Waals surface area contributed by atoms with Gasteiger partial charge in [-0.25, -0.2) is 9.67 Å². The number of hydrogen-bond acceptors (Lipinski definition) is 6. The molecule has 7 nitrogen and oxygen atoms in total. The van der Waals surface area contributed by atoms with Gasteiger partial charge in [0, 0.05) is 16.6 Å². The zero-order valence-corrected chi connectivity index (χ0v) is 15.4. The van der Waals surface area contributed by atoms with E-state index in [4.69, 9.17) is 16.3 Å². The molecule has 0 fully saturated rings. The molecular weight excluding hydrogens is 376 g/mol. The number of thiazole rings is 1. The van der Waals surface area contributed by atoms with Crippen LogP contribution >= 0.6 is 22.9 Å². The second kappa shape index (κ2) is 8.11. The van der Waals surface area contributed by atoms with E-state index in [-0.39, 0.29) is 24.0 Å². The summed E-state index contributed by atoms with van der Waals surface area (Å²) >= 11 is 7.20. The number of nitrogens with zero attached hydrogens (tertiary/aromatic N) is 3. The van der Waals surface area contributed by atoms with E-state index in [0.717, 1.165) is 5.69 Å². The monoisotopic (exact) mass is 390 g/mol. The van der Waals surface area contributed by atoms with Crippen molar-refractivity contribution in [1.29, 1.82) is 0 Å². The second-order valence-corrected chi connectivity index (χ2v) is 6.50. The number of anilines is 1. The Morgan fingerprint density at radius 2 is 2.19 bits per heavy atom. The maximum Gasteiger partial charge on any atom is 0.311 e. The fourth-order valence-corrected chi connectivity index (χ4v) is 3.06. The zero-order chi connectivity index (χ0) is 18.5. The summed E-state index contributed by atoms with van der Waals surface area (Å²) in [5.74, 6) is -0.737. The van der Waals surface area contributed by atoms with Gasteiger partial charge in [-0.05, 0) is 31.2 Å². The molecule has 3 aromatic rings. The van der Waals surface area contributed by atoms with Crippen molar-refractivity contribution in [3.8, 4) is 5.69 Å². The third-order valence-corrected chi connectivity index (χ3v) is 4.34. The molecule has 0 aliphatic heterocycles. The van der Waals surface area contributed by atoms with Crippen LogP contribution in [0, 0.1) is 0 Å². The van der Waals surface area contributed by atoms with Gasteiger partial charge >= 0.3 is 5.97 Å². The minimum atomic E-state index is -0.386. The van der Waals surface area contributed by atoms with E-state index in [1.54, 1.807) is 47.4 Å². The smallest absolute Gasteiger partial charge is 0.311 e. The molecule has 2 heterocycles. The molecule has 2 aromatic heterocycles. The van der Waals surface area contributed by atoms with E-state index in [9.17, 15) is 9.59 Å². The number of amides is 1. The van der Waals surface area contributed by atoms with Crippen molar-refractivity contribution in [1.82, 2.24) is 14.8 Å². The molecular formula is C17H15ClN4O3S. The number of carbonyl (C=O) groups excluding carboxylic acids is 2. The van der Waals surface area contributed by atoms with Gasteiger partial charge in [0.2, 0.25) is 0 Å². The van der Waals surface area contributed by atoms with Crippen LogP contribution in [-0.4, -0.2) is 33.2 Å². The molecule has 0 aliphatic rings. The van der Waals surface area contributed by atoms with Crippen molar-refractivity contribution >= 4 is 39.9 Å². The Labute approximate surface area is 158 Å². The summed E-state index contributed by atoms with van der Waals surface area (Å²) in [4.78, 5) is 28.0. The highest BCUT2D eigenvalue weighted by molar-refractivity contribution is 7.14. The Morgan fingerprint density at radius 1 is 1.35 bits per heavy atom.